The third-order valence-electron chi connectivity index (χ3n) is 2.79. The number of fused-ring (bicyclic) bond motifs is 1. The molecule has 0 fully saturated rings. The van der Waals surface area contributed by atoms with E-state index in [0.29, 0.717) is 20.9 Å². The lowest BCUT2D eigenvalue weighted by Crippen LogP contribution is -2.13. The van der Waals surface area contributed by atoms with Gasteiger partial charge in [0.05, 0.1) is 10.2 Å². The molecule has 0 amide bonds. The van der Waals surface area contributed by atoms with Gasteiger partial charge >= 0.3 is 6.18 Å². The summed E-state index contributed by atoms with van der Waals surface area (Å²) < 4.78 is 41.0. The maximum atomic E-state index is 13.0. The van der Waals surface area contributed by atoms with E-state index < -0.39 is 11.9 Å². The van der Waals surface area contributed by atoms with E-state index in [2.05, 4.69) is 26.0 Å². The van der Waals surface area contributed by atoms with Crippen molar-refractivity contribution in [2.45, 2.75) is 44.3 Å². The Morgan fingerprint density at radius 2 is 1.90 bits per heavy atom. The van der Waals surface area contributed by atoms with E-state index in [-0.39, 0.29) is 11.1 Å². The summed E-state index contributed by atoms with van der Waals surface area (Å²) >= 11 is 4.66. The molecule has 2 rings (SSSR count). The van der Waals surface area contributed by atoms with Crippen LogP contribution in [0.2, 0.25) is 0 Å². The zero-order chi connectivity index (χ0) is 16.0. The molecule has 3 nitrogen and oxygen atoms in total. The van der Waals surface area contributed by atoms with Crippen LogP contribution in [0.25, 0.3) is 5.65 Å². The van der Waals surface area contributed by atoms with Gasteiger partial charge in [0.15, 0.2) is 5.65 Å². The highest BCUT2D eigenvalue weighted by molar-refractivity contribution is 9.10. The van der Waals surface area contributed by atoms with Crippen LogP contribution in [-0.2, 0) is 11.6 Å². The minimum Gasteiger partial charge on any atom is -0.223 e. The monoisotopic (exact) mass is 381 g/mol. The molecule has 0 atom stereocenters. The average Bonchev–Trinajstić information content (AvgIpc) is 2.66. The minimum atomic E-state index is -4.48. The van der Waals surface area contributed by atoms with Crippen LogP contribution in [0.5, 0.6) is 0 Å². The Balaban J connectivity index is 2.79. The Morgan fingerprint density at radius 3 is 2.38 bits per heavy atom. The summed E-state index contributed by atoms with van der Waals surface area (Å²) in [7, 11) is 0. The van der Waals surface area contributed by atoms with Crippen molar-refractivity contribution in [3.63, 3.8) is 0 Å². The molecule has 2 aromatic heterocycles. The molecule has 0 radical (unpaired) electrons. The Morgan fingerprint density at radius 1 is 1.29 bits per heavy atom. The Hall–Kier alpha value is -0.760. The maximum absolute atomic E-state index is 13.0. The molecule has 0 unspecified atom stereocenters. The summed E-state index contributed by atoms with van der Waals surface area (Å²) in [5, 5.41) is 4.88. The van der Waals surface area contributed by atoms with Crippen LogP contribution >= 0.6 is 27.7 Å². The van der Waals surface area contributed by atoms with Crippen LogP contribution in [0.15, 0.2) is 15.6 Å². The van der Waals surface area contributed by atoms with E-state index in [1.54, 1.807) is 0 Å². The molecule has 2 aromatic rings. The number of rotatable bonds is 2. The zero-order valence-corrected chi connectivity index (χ0v) is 14.4. The SMILES string of the molecule is CCSc1cc(C(F)(F)F)nc2c(Br)c(C(C)(C)C)nn12. The first-order valence-electron chi connectivity index (χ1n) is 6.35. The molecular weight excluding hydrogens is 367 g/mol. The molecule has 0 aromatic carbocycles. The molecule has 0 aliphatic heterocycles. The summed E-state index contributed by atoms with van der Waals surface area (Å²) in [6.45, 7) is 7.75. The van der Waals surface area contributed by atoms with Crippen LogP contribution in [-0.4, -0.2) is 20.4 Å². The van der Waals surface area contributed by atoms with Gasteiger partial charge < -0.3 is 0 Å². The molecule has 8 heteroatoms. The first kappa shape index (κ1) is 16.6. The number of thioether (sulfide) groups is 1. The highest BCUT2D eigenvalue weighted by Crippen LogP contribution is 2.36. The number of nitrogens with zero attached hydrogens (tertiary/aromatic N) is 3. The number of halogens is 4. The molecular formula is C13H15BrF3N3S. The Bertz CT molecular complexity index is 674. The fourth-order valence-electron chi connectivity index (χ4n) is 1.84. The first-order valence-corrected chi connectivity index (χ1v) is 8.13. The summed E-state index contributed by atoms with van der Waals surface area (Å²) in [5.41, 5.74) is -0.302. The standard InChI is InChI=1S/C13H15BrF3N3S/c1-5-21-8-6-7(13(15,16)17)18-11-9(14)10(12(2,3)4)19-20(8)11/h6H,5H2,1-4H3. The van der Waals surface area contributed by atoms with Gasteiger partial charge in [-0.3, -0.25) is 0 Å². The van der Waals surface area contributed by atoms with Gasteiger partial charge in [0, 0.05) is 11.5 Å². The van der Waals surface area contributed by atoms with Gasteiger partial charge in [-0.05, 0) is 21.7 Å². The van der Waals surface area contributed by atoms with Gasteiger partial charge in [0.1, 0.15) is 10.7 Å². The predicted octanol–water partition coefficient (Wildman–Crippen LogP) is 4.92. The van der Waals surface area contributed by atoms with Crippen molar-refractivity contribution in [2.24, 2.45) is 0 Å². The topological polar surface area (TPSA) is 30.2 Å². The van der Waals surface area contributed by atoms with E-state index in [0.717, 1.165) is 6.07 Å². The Kier molecular flexibility index (Phi) is 4.32. The molecule has 0 saturated carbocycles. The fourth-order valence-corrected chi connectivity index (χ4v) is 3.51. The predicted molar refractivity (Wildman–Crippen MR) is 80.8 cm³/mol. The van der Waals surface area contributed by atoms with Crippen molar-refractivity contribution in [1.82, 2.24) is 14.6 Å². The summed E-state index contributed by atoms with van der Waals surface area (Å²) in [6, 6.07) is 1.05. The van der Waals surface area contributed by atoms with Crippen molar-refractivity contribution >= 4 is 33.3 Å². The Labute approximate surface area is 133 Å². The highest BCUT2D eigenvalue weighted by atomic mass is 79.9. The highest BCUT2D eigenvalue weighted by Gasteiger charge is 2.35. The van der Waals surface area contributed by atoms with Gasteiger partial charge in [-0.25, -0.2) is 9.50 Å². The number of hydrogen-bond acceptors (Lipinski definition) is 3. The van der Waals surface area contributed by atoms with Crippen LogP contribution < -0.4 is 0 Å². The third kappa shape index (κ3) is 3.21. The molecule has 21 heavy (non-hydrogen) atoms. The van der Waals surface area contributed by atoms with E-state index >= 15 is 0 Å². The maximum Gasteiger partial charge on any atom is 0.433 e. The molecule has 0 aliphatic rings. The van der Waals surface area contributed by atoms with Crippen LogP contribution in [0, 0.1) is 0 Å². The lowest BCUT2D eigenvalue weighted by Gasteiger charge is -2.14. The number of aromatic nitrogens is 3. The molecule has 0 aliphatic carbocycles. The van der Waals surface area contributed by atoms with Gasteiger partial charge in [0.25, 0.3) is 0 Å². The molecule has 0 spiro atoms. The lowest BCUT2D eigenvalue weighted by atomic mass is 9.92. The van der Waals surface area contributed by atoms with Crippen LogP contribution in [0.1, 0.15) is 39.1 Å². The van der Waals surface area contributed by atoms with Gasteiger partial charge in [0.2, 0.25) is 0 Å². The van der Waals surface area contributed by atoms with E-state index in [4.69, 9.17) is 0 Å². The van der Waals surface area contributed by atoms with E-state index in [1.807, 2.05) is 27.7 Å². The lowest BCUT2D eigenvalue weighted by molar-refractivity contribution is -0.141. The second kappa shape index (κ2) is 5.46. The fraction of sp³-hybridized carbons (Fsp3) is 0.538. The third-order valence-corrected chi connectivity index (χ3v) is 4.40. The smallest absolute Gasteiger partial charge is 0.223 e. The summed E-state index contributed by atoms with van der Waals surface area (Å²) in [6.07, 6.45) is -4.48. The molecule has 116 valence electrons. The van der Waals surface area contributed by atoms with Gasteiger partial charge in [-0.15, -0.1) is 11.8 Å². The molecule has 0 saturated heterocycles. The number of alkyl halides is 3. The molecule has 2 heterocycles. The molecule has 0 N–H and O–H groups in total. The number of hydrogen-bond donors (Lipinski definition) is 0. The van der Waals surface area contributed by atoms with Gasteiger partial charge in [-0.2, -0.15) is 18.3 Å². The second-order valence-electron chi connectivity index (χ2n) is 5.56. The average molecular weight is 382 g/mol. The van der Waals surface area contributed by atoms with Crippen LogP contribution in [0.3, 0.4) is 0 Å². The summed E-state index contributed by atoms with van der Waals surface area (Å²) in [5.74, 6) is 0.652. The largest absolute Gasteiger partial charge is 0.433 e. The minimum absolute atomic E-state index is 0.200. The van der Waals surface area contributed by atoms with Crippen molar-refractivity contribution in [3.05, 3.63) is 21.9 Å². The molecule has 0 bridgehead atoms. The normalized spacial score (nSPS) is 13.1. The quantitative estimate of drug-likeness (QED) is 0.546. The van der Waals surface area contributed by atoms with Crippen molar-refractivity contribution in [1.29, 1.82) is 0 Å². The van der Waals surface area contributed by atoms with E-state index in [1.165, 1.54) is 16.3 Å². The van der Waals surface area contributed by atoms with Crippen molar-refractivity contribution < 1.29 is 13.2 Å². The van der Waals surface area contributed by atoms with Gasteiger partial charge in [-0.1, -0.05) is 27.7 Å². The first-order chi connectivity index (χ1) is 9.55. The second-order valence-corrected chi connectivity index (χ2v) is 7.64. The van der Waals surface area contributed by atoms with Crippen LogP contribution in [0.4, 0.5) is 13.2 Å². The van der Waals surface area contributed by atoms with E-state index in [9.17, 15) is 13.2 Å². The summed E-state index contributed by atoms with van der Waals surface area (Å²) in [4.78, 5) is 3.74. The van der Waals surface area contributed by atoms with Crippen molar-refractivity contribution in [2.75, 3.05) is 5.75 Å². The zero-order valence-electron chi connectivity index (χ0n) is 12.0. The van der Waals surface area contributed by atoms with Crippen molar-refractivity contribution in [3.8, 4) is 0 Å².